The van der Waals surface area contributed by atoms with Gasteiger partial charge in [0.1, 0.15) is 12.4 Å². The van der Waals surface area contributed by atoms with Gasteiger partial charge in [0.05, 0.1) is 12.3 Å². The van der Waals surface area contributed by atoms with Crippen LogP contribution in [0.1, 0.15) is 30.9 Å². The molecule has 0 fully saturated rings. The molecule has 0 atom stereocenters. The number of halogens is 1. The maximum Gasteiger partial charge on any atom is 0.230 e. The third-order valence-corrected chi connectivity index (χ3v) is 4.85. The molecule has 2 rings (SSSR count). The molecular weight excluding hydrogens is 354 g/mol. The summed E-state index contributed by atoms with van der Waals surface area (Å²) in [6, 6.07) is 15.7. The molecule has 2 aromatic rings. The highest BCUT2D eigenvalue weighted by molar-refractivity contribution is 7.99. The van der Waals surface area contributed by atoms with E-state index in [9.17, 15) is 4.79 Å². The Morgan fingerprint density at radius 1 is 1.20 bits per heavy atom. The standard InChI is InChI=1S/C20H24ClNO2S/c1-15(2)18-8-3-4-9-19(18)24-11-10-22-20(23)14-25-13-16-6-5-7-17(21)12-16/h3-9,12,15H,10-11,13-14H2,1-2H3,(H,22,23). The molecule has 0 heterocycles. The summed E-state index contributed by atoms with van der Waals surface area (Å²) in [5, 5.41) is 3.61. The van der Waals surface area contributed by atoms with Crippen LogP contribution in [0.5, 0.6) is 5.75 Å². The van der Waals surface area contributed by atoms with Crippen LogP contribution in [0.2, 0.25) is 5.02 Å². The molecule has 0 aliphatic carbocycles. The van der Waals surface area contributed by atoms with Crippen LogP contribution in [0.25, 0.3) is 0 Å². The van der Waals surface area contributed by atoms with Gasteiger partial charge in [-0.2, -0.15) is 0 Å². The molecule has 1 N–H and O–H groups in total. The van der Waals surface area contributed by atoms with Crippen molar-refractivity contribution in [1.82, 2.24) is 5.32 Å². The highest BCUT2D eigenvalue weighted by Crippen LogP contribution is 2.25. The van der Waals surface area contributed by atoms with Crippen LogP contribution < -0.4 is 10.1 Å². The van der Waals surface area contributed by atoms with Gasteiger partial charge in [-0.3, -0.25) is 4.79 Å². The average Bonchev–Trinajstić information content (AvgIpc) is 2.59. The van der Waals surface area contributed by atoms with Crippen LogP contribution in [0.15, 0.2) is 48.5 Å². The van der Waals surface area contributed by atoms with Crippen LogP contribution in [0.3, 0.4) is 0 Å². The molecule has 0 radical (unpaired) electrons. The monoisotopic (exact) mass is 377 g/mol. The van der Waals surface area contributed by atoms with Crippen LogP contribution in [0, 0.1) is 0 Å². The van der Waals surface area contributed by atoms with Crippen molar-refractivity contribution in [3.8, 4) is 5.75 Å². The number of rotatable bonds is 9. The highest BCUT2D eigenvalue weighted by Gasteiger charge is 2.07. The minimum atomic E-state index is 0.0211. The molecule has 0 unspecified atom stereocenters. The lowest BCUT2D eigenvalue weighted by Crippen LogP contribution is -2.29. The Kier molecular flexibility index (Phi) is 8.16. The van der Waals surface area contributed by atoms with E-state index in [4.69, 9.17) is 16.3 Å². The van der Waals surface area contributed by atoms with Crippen molar-refractivity contribution in [3.05, 3.63) is 64.7 Å². The summed E-state index contributed by atoms with van der Waals surface area (Å²) in [6.07, 6.45) is 0. The average molecular weight is 378 g/mol. The van der Waals surface area contributed by atoms with E-state index in [0.717, 1.165) is 22.1 Å². The predicted octanol–water partition coefficient (Wildman–Crippen LogP) is 4.89. The minimum Gasteiger partial charge on any atom is -0.491 e. The summed E-state index contributed by atoms with van der Waals surface area (Å²) in [6.45, 7) is 5.25. The Morgan fingerprint density at radius 2 is 2.00 bits per heavy atom. The van der Waals surface area contributed by atoms with Crippen molar-refractivity contribution in [1.29, 1.82) is 0 Å². The smallest absolute Gasteiger partial charge is 0.230 e. The van der Waals surface area contributed by atoms with Crippen molar-refractivity contribution in [2.75, 3.05) is 18.9 Å². The van der Waals surface area contributed by atoms with Gasteiger partial charge in [0.2, 0.25) is 5.91 Å². The van der Waals surface area contributed by atoms with E-state index in [1.807, 2.05) is 42.5 Å². The molecule has 1 amide bonds. The molecule has 0 aromatic heterocycles. The quantitative estimate of drug-likeness (QED) is 0.632. The Labute approximate surface area is 159 Å². The number of ether oxygens (including phenoxy) is 1. The van der Waals surface area contributed by atoms with Gasteiger partial charge in [-0.05, 0) is 35.2 Å². The molecule has 0 aliphatic heterocycles. The van der Waals surface area contributed by atoms with Crippen LogP contribution in [0.4, 0.5) is 0 Å². The summed E-state index contributed by atoms with van der Waals surface area (Å²) in [5.74, 6) is 2.52. The van der Waals surface area contributed by atoms with Gasteiger partial charge in [0.25, 0.3) is 0 Å². The Balaban J connectivity index is 1.64. The zero-order valence-corrected chi connectivity index (χ0v) is 16.2. The lowest BCUT2D eigenvalue weighted by atomic mass is 10.0. The van der Waals surface area contributed by atoms with Crippen molar-refractivity contribution in [2.24, 2.45) is 0 Å². The normalized spacial score (nSPS) is 10.7. The van der Waals surface area contributed by atoms with Gasteiger partial charge in [-0.15, -0.1) is 11.8 Å². The maximum atomic E-state index is 11.9. The Hall–Kier alpha value is -1.65. The highest BCUT2D eigenvalue weighted by atomic mass is 35.5. The first kappa shape index (κ1) is 19.7. The van der Waals surface area contributed by atoms with Crippen molar-refractivity contribution >= 4 is 29.3 Å². The van der Waals surface area contributed by atoms with Gasteiger partial charge in [0.15, 0.2) is 0 Å². The maximum absolute atomic E-state index is 11.9. The second-order valence-corrected chi connectivity index (χ2v) is 7.44. The number of para-hydroxylation sites is 1. The second kappa shape index (κ2) is 10.4. The lowest BCUT2D eigenvalue weighted by Gasteiger charge is -2.14. The summed E-state index contributed by atoms with van der Waals surface area (Å²) >= 11 is 7.52. The van der Waals surface area contributed by atoms with Crippen molar-refractivity contribution < 1.29 is 9.53 Å². The Morgan fingerprint density at radius 3 is 2.76 bits per heavy atom. The molecule has 0 saturated carbocycles. The summed E-state index contributed by atoms with van der Waals surface area (Å²) in [5.41, 5.74) is 2.31. The molecule has 2 aromatic carbocycles. The number of nitrogens with one attached hydrogen (secondary N) is 1. The van der Waals surface area contributed by atoms with Gasteiger partial charge >= 0.3 is 0 Å². The van der Waals surface area contributed by atoms with E-state index >= 15 is 0 Å². The number of hydrogen-bond acceptors (Lipinski definition) is 3. The van der Waals surface area contributed by atoms with Gasteiger partial charge < -0.3 is 10.1 Å². The van der Waals surface area contributed by atoms with Crippen LogP contribution >= 0.6 is 23.4 Å². The molecule has 0 saturated heterocycles. The fourth-order valence-electron chi connectivity index (χ4n) is 2.38. The van der Waals surface area contributed by atoms with E-state index in [-0.39, 0.29) is 5.91 Å². The first-order valence-corrected chi connectivity index (χ1v) is 9.90. The van der Waals surface area contributed by atoms with E-state index in [2.05, 4.69) is 25.2 Å². The molecule has 0 aliphatic rings. The predicted molar refractivity (Wildman–Crippen MR) is 107 cm³/mol. The zero-order valence-electron chi connectivity index (χ0n) is 14.6. The first-order chi connectivity index (χ1) is 12.1. The number of amides is 1. The lowest BCUT2D eigenvalue weighted by molar-refractivity contribution is -0.118. The number of carbonyl (C=O) groups excluding carboxylic acids is 1. The minimum absolute atomic E-state index is 0.0211. The number of carbonyl (C=O) groups is 1. The first-order valence-electron chi connectivity index (χ1n) is 8.37. The molecule has 134 valence electrons. The summed E-state index contributed by atoms with van der Waals surface area (Å²) in [4.78, 5) is 11.9. The summed E-state index contributed by atoms with van der Waals surface area (Å²) in [7, 11) is 0. The van der Waals surface area contributed by atoms with Gasteiger partial charge in [-0.25, -0.2) is 0 Å². The zero-order chi connectivity index (χ0) is 18.1. The SMILES string of the molecule is CC(C)c1ccccc1OCCNC(=O)CSCc1cccc(Cl)c1. The molecule has 0 spiro atoms. The molecule has 5 heteroatoms. The third-order valence-electron chi connectivity index (χ3n) is 3.61. The van der Waals surface area contributed by atoms with E-state index < -0.39 is 0 Å². The number of hydrogen-bond donors (Lipinski definition) is 1. The third kappa shape index (κ3) is 7.00. The van der Waals surface area contributed by atoms with Crippen LogP contribution in [-0.4, -0.2) is 24.8 Å². The largest absolute Gasteiger partial charge is 0.491 e. The van der Waals surface area contributed by atoms with Crippen LogP contribution in [-0.2, 0) is 10.5 Å². The fourth-order valence-corrected chi connectivity index (χ4v) is 3.40. The van der Waals surface area contributed by atoms with Crippen molar-refractivity contribution in [2.45, 2.75) is 25.5 Å². The summed E-state index contributed by atoms with van der Waals surface area (Å²) < 4.78 is 5.80. The topological polar surface area (TPSA) is 38.3 Å². The van der Waals surface area contributed by atoms with Gasteiger partial charge in [-0.1, -0.05) is 55.8 Å². The van der Waals surface area contributed by atoms with Crippen molar-refractivity contribution in [3.63, 3.8) is 0 Å². The van der Waals surface area contributed by atoms with Gasteiger partial charge in [0, 0.05) is 10.8 Å². The van der Waals surface area contributed by atoms with E-state index in [0.29, 0.717) is 24.8 Å². The molecule has 0 bridgehead atoms. The fraction of sp³-hybridized carbons (Fsp3) is 0.350. The number of benzene rings is 2. The van der Waals surface area contributed by atoms with E-state index in [1.54, 1.807) is 11.8 Å². The molecule has 3 nitrogen and oxygen atoms in total. The number of thioether (sulfide) groups is 1. The Bertz CT molecular complexity index is 691. The van der Waals surface area contributed by atoms with E-state index in [1.165, 1.54) is 5.56 Å². The molecular formula is C20H24ClNO2S. The second-order valence-electron chi connectivity index (χ2n) is 6.01. The molecule has 25 heavy (non-hydrogen) atoms.